The van der Waals surface area contributed by atoms with Gasteiger partial charge in [-0.05, 0) is 49.8 Å². The molecule has 122 valence electrons. The molecule has 1 aliphatic rings. The Morgan fingerprint density at radius 3 is 2.96 bits per heavy atom. The molecule has 0 radical (unpaired) electrons. The molecule has 1 atom stereocenters. The third kappa shape index (κ3) is 4.12. The van der Waals surface area contributed by atoms with Crippen molar-refractivity contribution in [1.82, 2.24) is 15.1 Å². The van der Waals surface area contributed by atoms with Crippen LogP contribution in [-0.2, 0) is 11.2 Å². The zero-order valence-electron chi connectivity index (χ0n) is 13.5. The Hall–Kier alpha value is -2.30. The first-order valence-corrected chi connectivity index (χ1v) is 8.17. The molecule has 1 N–H and O–H groups in total. The van der Waals surface area contributed by atoms with Crippen molar-refractivity contribution in [2.45, 2.75) is 26.2 Å². The van der Waals surface area contributed by atoms with Crippen LogP contribution in [0.3, 0.4) is 0 Å². The minimum Gasteiger partial charge on any atom is -0.484 e. The molecule has 23 heavy (non-hydrogen) atoms. The number of carbonyl (C=O) groups is 1. The van der Waals surface area contributed by atoms with Crippen molar-refractivity contribution in [3.05, 3.63) is 47.8 Å². The molecule has 1 aliphatic heterocycles. The summed E-state index contributed by atoms with van der Waals surface area (Å²) in [6.45, 7) is 3.81. The highest BCUT2D eigenvalue weighted by Crippen LogP contribution is 2.21. The molecule has 1 aromatic carbocycles. The van der Waals surface area contributed by atoms with Gasteiger partial charge in [-0.3, -0.25) is 9.89 Å². The van der Waals surface area contributed by atoms with Crippen LogP contribution in [0.5, 0.6) is 5.75 Å². The van der Waals surface area contributed by atoms with Gasteiger partial charge in [0, 0.05) is 18.8 Å². The van der Waals surface area contributed by atoms with Crippen molar-refractivity contribution in [3.8, 4) is 5.75 Å². The molecule has 0 aliphatic carbocycles. The second-order valence-electron chi connectivity index (χ2n) is 6.19. The van der Waals surface area contributed by atoms with Crippen molar-refractivity contribution in [2.75, 3.05) is 19.7 Å². The van der Waals surface area contributed by atoms with Gasteiger partial charge in [-0.15, -0.1) is 0 Å². The highest BCUT2D eigenvalue weighted by Gasteiger charge is 2.24. The maximum atomic E-state index is 12.4. The van der Waals surface area contributed by atoms with Gasteiger partial charge in [0.05, 0.1) is 6.20 Å². The molecule has 1 fully saturated rings. The van der Waals surface area contributed by atoms with E-state index in [1.165, 1.54) is 11.3 Å². The van der Waals surface area contributed by atoms with E-state index in [4.69, 9.17) is 4.74 Å². The van der Waals surface area contributed by atoms with Gasteiger partial charge in [-0.25, -0.2) is 0 Å². The molecule has 0 bridgehead atoms. The summed E-state index contributed by atoms with van der Waals surface area (Å²) in [7, 11) is 0. The van der Waals surface area contributed by atoms with Crippen molar-refractivity contribution < 1.29 is 9.53 Å². The number of ether oxygens (including phenoxy) is 1. The number of hydrogen-bond donors (Lipinski definition) is 1. The number of aromatic amines is 1. The van der Waals surface area contributed by atoms with Crippen LogP contribution in [0.15, 0.2) is 36.5 Å². The Morgan fingerprint density at radius 2 is 2.22 bits per heavy atom. The molecule has 1 saturated heterocycles. The van der Waals surface area contributed by atoms with E-state index in [9.17, 15) is 4.79 Å². The number of likely N-dealkylation sites (tertiary alicyclic amines) is 1. The summed E-state index contributed by atoms with van der Waals surface area (Å²) in [5.41, 5.74) is 2.38. The molecule has 2 aromatic rings. The number of nitrogens with one attached hydrogen (secondary N) is 1. The number of nitrogens with zero attached hydrogens (tertiary/aromatic N) is 2. The smallest absolute Gasteiger partial charge is 0.260 e. The number of hydrogen-bond acceptors (Lipinski definition) is 3. The van der Waals surface area contributed by atoms with Crippen LogP contribution in [0.4, 0.5) is 0 Å². The van der Waals surface area contributed by atoms with E-state index in [1.807, 2.05) is 41.4 Å². The van der Waals surface area contributed by atoms with Crippen molar-refractivity contribution in [3.63, 3.8) is 0 Å². The van der Waals surface area contributed by atoms with E-state index in [0.29, 0.717) is 5.92 Å². The fourth-order valence-electron chi connectivity index (χ4n) is 3.08. The molecule has 0 spiro atoms. The molecule has 3 rings (SSSR count). The van der Waals surface area contributed by atoms with Crippen LogP contribution in [0.1, 0.15) is 24.1 Å². The highest BCUT2D eigenvalue weighted by molar-refractivity contribution is 5.77. The van der Waals surface area contributed by atoms with Crippen LogP contribution in [0.25, 0.3) is 0 Å². The lowest BCUT2D eigenvalue weighted by atomic mass is 9.92. The van der Waals surface area contributed by atoms with E-state index in [-0.39, 0.29) is 12.5 Å². The second-order valence-corrected chi connectivity index (χ2v) is 6.19. The number of carbonyl (C=O) groups excluding carboxylic acids is 1. The molecule has 1 aromatic heterocycles. The number of piperidine rings is 1. The van der Waals surface area contributed by atoms with Crippen LogP contribution >= 0.6 is 0 Å². The van der Waals surface area contributed by atoms with E-state index < -0.39 is 0 Å². The number of amides is 1. The van der Waals surface area contributed by atoms with Crippen LogP contribution in [0, 0.1) is 12.8 Å². The number of benzene rings is 1. The SMILES string of the molecule is Cc1cn[nH]c1CC1CCCN(C(=O)COc2ccccc2)C1. The van der Waals surface area contributed by atoms with Crippen molar-refractivity contribution >= 4 is 5.91 Å². The van der Waals surface area contributed by atoms with E-state index in [2.05, 4.69) is 17.1 Å². The number of aromatic nitrogens is 2. The minimum atomic E-state index is 0.0693. The quantitative estimate of drug-likeness (QED) is 0.923. The Bertz CT molecular complexity index is 639. The highest BCUT2D eigenvalue weighted by atomic mass is 16.5. The second kappa shape index (κ2) is 7.31. The van der Waals surface area contributed by atoms with Gasteiger partial charge in [0.1, 0.15) is 5.75 Å². The van der Waals surface area contributed by atoms with Gasteiger partial charge in [0.25, 0.3) is 5.91 Å². The molecular weight excluding hydrogens is 290 g/mol. The van der Waals surface area contributed by atoms with E-state index in [1.54, 1.807) is 0 Å². The fourth-order valence-corrected chi connectivity index (χ4v) is 3.08. The van der Waals surface area contributed by atoms with E-state index in [0.717, 1.165) is 38.1 Å². The molecular formula is C18H23N3O2. The van der Waals surface area contributed by atoms with Gasteiger partial charge < -0.3 is 9.64 Å². The third-order valence-corrected chi connectivity index (χ3v) is 4.40. The first kappa shape index (κ1) is 15.6. The summed E-state index contributed by atoms with van der Waals surface area (Å²) in [5.74, 6) is 1.30. The zero-order valence-corrected chi connectivity index (χ0v) is 13.5. The average Bonchev–Trinajstić information content (AvgIpc) is 2.99. The summed E-state index contributed by atoms with van der Waals surface area (Å²) < 4.78 is 5.57. The number of rotatable bonds is 5. The van der Waals surface area contributed by atoms with Crippen LogP contribution < -0.4 is 4.74 Å². The summed E-state index contributed by atoms with van der Waals surface area (Å²) in [5, 5.41) is 7.14. The van der Waals surface area contributed by atoms with E-state index >= 15 is 0 Å². The Labute approximate surface area is 136 Å². The summed E-state index contributed by atoms with van der Waals surface area (Å²) in [6.07, 6.45) is 5.01. The number of H-pyrrole nitrogens is 1. The standard InChI is InChI=1S/C18H23N3O2/c1-14-11-19-20-17(14)10-15-6-5-9-21(12-15)18(22)13-23-16-7-3-2-4-8-16/h2-4,7-8,11,15H,5-6,9-10,12-13H2,1H3,(H,19,20). The van der Waals surface area contributed by atoms with Crippen LogP contribution in [-0.4, -0.2) is 40.7 Å². The largest absolute Gasteiger partial charge is 0.484 e. The Balaban J connectivity index is 1.51. The van der Waals surface area contributed by atoms with Crippen LogP contribution in [0.2, 0.25) is 0 Å². The number of para-hydroxylation sites is 1. The third-order valence-electron chi connectivity index (χ3n) is 4.40. The van der Waals surface area contributed by atoms with Gasteiger partial charge in [0.2, 0.25) is 0 Å². The molecule has 5 nitrogen and oxygen atoms in total. The van der Waals surface area contributed by atoms with Gasteiger partial charge in [-0.1, -0.05) is 18.2 Å². The lowest BCUT2D eigenvalue weighted by Crippen LogP contribution is -2.42. The summed E-state index contributed by atoms with van der Waals surface area (Å²) >= 11 is 0. The fraction of sp³-hybridized carbons (Fsp3) is 0.444. The molecule has 5 heteroatoms. The predicted molar refractivity (Wildman–Crippen MR) is 88.3 cm³/mol. The lowest BCUT2D eigenvalue weighted by Gasteiger charge is -2.32. The van der Waals surface area contributed by atoms with Crippen molar-refractivity contribution in [1.29, 1.82) is 0 Å². The van der Waals surface area contributed by atoms with Gasteiger partial charge in [0.15, 0.2) is 6.61 Å². The zero-order chi connectivity index (χ0) is 16.1. The molecule has 0 saturated carbocycles. The first-order valence-electron chi connectivity index (χ1n) is 8.17. The number of aryl methyl sites for hydroxylation is 1. The molecule has 1 amide bonds. The normalized spacial score (nSPS) is 18.0. The Kier molecular flexibility index (Phi) is 4.95. The van der Waals surface area contributed by atoms with Gasteiger partial charge >= 0.3 is 0 Å². The van der Waals surface area contributed by atoms with Gasteiger partial charge in [-0.2, -0.15) is 5.10 Å². The molecule has 1 unspecified atom stereocenters. The minimum absolute atomic E-state index is 0.0693. The predicted octanol–water partition coefficient (Wildman–Crippen LogP) is 2.58. The lowest BCUT2D eigenvalue weighted by molar-refractivity contribution is -0.135. The Morgan fingerprint density at radius 1 is 1.39 bits per heavy atom. The summed E-state index contributed by atoms with van der Waals surface area (Å²) in [6, 6.07) is 9.48. The summed E-state index contributed by atoms with van der Waals surface area (Å²) in [4.78, 5) is 14.3. The maximum Gasteiger partial charge on any atom is 0.260 e. The first-order chi connectivity index (χ1) is 11.2. The monoisotopic (exact) mass is 313 g/mol. The maximum absolute atomic E-state index is 12.4. The topological polar surface area (TPSA) is 58.2 Å². The molecule has 2 heterocycles. The van der Waals surface area contributed by atoms with Crippen molar-refractivity contribution in [2.24, 2.45) is 5.92 Å². The average molecular weight is 313 g/mol.